The van der Waals surface area contributed by atoms with Crippen LogP contribution in [0.2, 0.25) is 0 Å². The van der Waals surface area contributed by atoms with Crippen molar-refractivity contribution in [1.82, 2.24) is 20.7 Å². The molecule has 2 fully saturated rings. The van der Waals surface area contributed by atoms with Crippen LogP contribution in [0.1, 0.15) is 43.4 Å². The molecule has 2 aliphatic rings. The minimum absolute atomic E-state index is 0.104. The van der Waals surface area contributed by atoms with E-state index in [1.165, 1.54) is 0 Å². The number of piperidine rings is 1. The molecule has 2 aliphatic heterocycles. The molecule has 0 spiro atoms. The molecule has 4 N–H and O–H groups in total. The van der Waals surface area contributed by atoms with Gasteiger partial charge in [-0.1, -0.05) is 31.0 Å². The Morgan fingerprint density at radius 3 is 2.50 bits per heavy atom. The van der Waals surface area contributed by atoms with E-state index in [0.717, 1.165) is 47.8 Å². The number of carbonyl (C=O) groups excluding carboxylic acids is 3. The second kappa shape index (κ2) is 13.6. The molecule has 2 saturated heterocycles. The summed E-state index contributed by atoms with van der Waals surface area (Å²) in [5, 5.41) is 16.2. The number of amides is 3. The maximum atomic E-state index is 13.2. The summed E-state index contributed by atoms with van der Waals surface area (Å²) in [5.74, 6) is -1.46. The number of aromatic nitrogens is 1. The number of pyridine rings is 1. The molecule has 0 bridgehead atoms. The summed E-state index contributed by atoms with van der Waals surface area (Å²) >= 11 is 0. The number of hydrogen-bond acceptors (Lipinski definition) is 8. The number of para-hydroxylation sites is 1. The highest BCUT2D eigenvalue weighted by molar-refractivity contribution is 5.98. The maximum Gasteiger partial charge on any atom is 0.410 e. The minimum Gasteiger partial charge on any atom is -0.489 e. The fourth-order valence-electron chi connectivity index (χ4n) is 5.61. The molecular weight excluding hydrogens is 538 g/mol. The van der Waals surface area contributed by atoms with Crippen LogP contribution >= 0.6 is 0 Å². The number of hydroxylamine groups is 1. The van der Waals surface area contributed by atoms with E-state index in [4.69, 9.17) is 9.47 Å². The molecule has 3 amide bonds. The van der Waals surface area contributed by atoms with Crippen LogP contribution in [0.15, 0.2) is 54.6 Å². The lowest BCUT2D eigenvalue weighted by atomic mass is 9.88. The van der Waals surface area contributed by atoms with E-state index < -0.39 is 36.0 Å². The molecule has 5 rings (SSSR count). The maximum absolute atomic E-state index is 13.2. The standard InChI is InChI=1S/C31H37N5O6/c1-20-16-21(25-8-4-5-9-27(25)33-20)19-41-23-12-10-22(11-13-23)34-30(38)28-26(29(37)35-40)17-24(18-32-28)42-31(39)36-14-6-2-3-7-15-36/h4-5,8-13,16,24,26,28,32,40H,2-3,6-7,14-15,17-19H2,1H3,(H,34,38)(H,35,37). The smallest absolute Gasteiger partial charge is 0.410 e. The van der Waals surface area contributed by atoms with Crippen molar-refractivity contribution in [2.24, 2.45) is 5.92 Å². The molecule has 2 aromatic carbocycles. The Hall–Kier alpha value is -4.22. The van der Waals surface area contributed by atoms with Crippen molar-refractivity contribution in [3.8, 4) is 5.75 Å². The summed E-state index contributed by atoms with van der Waals surface area (Å²) in [4.78, 5) is 44.6. The average Bonchev–Trinajstić information content (AvgIpc) is 3.30. The van der Waals surface area contributed by atoms with Crippen LogP contribution in [-0.2, 0) is 20.9 Å². The van der Waals surface area contributed by atoms with Crippen LogP contribution < -0.4 is 20.9 Å². The third kappa shape index (κ3) is 7.15. The predicted molar refractivity (Wildman–Crippen MR) is 156 cm³/mol. The molecule has 3 heterocycles. The van der Waals surface area contributed by atoms with E-state index in [0.29, 0.717) is 31.1 Å². The molecule has 0 saturated carbocycles. The summed E-state index contributed by atoms with van der Waals surface area (Å²) < 4.78 is 11.7. The molecule has 3 aromatic rings. The van der Waals surface area contributed by atoms with Crippen LogP contribution in [-0.4, -0.2) is 64.8 Å². The first kappa shape index (κ1) is 29.3. The monoisotopic (exact) mass is 575 g/mol. The number of nitrogens with zero attached hydrogens (tertiary/aromatic N) is 2. The zero-order chi connectivity index (χ0) is 29.5. The Morgan fingerprint density at radius 2 is 1.76 bits per heavy atom. The van der Waals surface area contributed by atoms with Crippen molar-refractivity contribution in [1.29, 1.82) is 0 Å². The van der Waals surface area contributed by atoms with Crippen molar-refractivity contribution < 1.29 is 29.1 Å². The van der Waals surface area contributed by atoms with Gasteiger partial charge in [0.2, 0.25) is 11.8 Å². The molecule has 222 valence electrons. The van der Waals surface area contributed by atoms with E-state index in [-0.39, 0.29) is 13.0 Å². The van der Waals surface area contributed by atoms with Gasteiger partial charge in [-0.2, -0.15) is 0 Å². The lowest BCUT2D eigenvalue weighted by Crippen LogP contribution is -2.58. The van der Waals surface area contributed by atoms with Crippen LogP contribution in [0.25, 0.3) is 10.9 Å². The number of likely N-dealkylation sites (tertiary alicyclic amines) is 1. The lowest BCUT2D eigenvalue weighted by molar-refractivity contribution is -0.140. The van der Waals surface area contributed by atoms with Gasteiger partial charge in [-0.05, 0) is 62.6 Å². The number of aryl methyl sites for hydroxylation is 1. The van der Waals surface area contributed by atoms with Gasteiger partial charge in [0.1, 0.15) is 18.5 Å². The second-order valence-corrected chi connectivity index (χ2v) is 10.9. The van der Waals surface area contributed by atoms with Crippen LogP contribution in [0.3, 0.4) is 0 Å². The Morgan fingerprint density at radius 1 is 1.02 bits per heavy atom. The summed E-state index contributed by atoms with van der Waals surface area (Å²) in [6.45, 7) is 3.82. The van der Waals surface area contributed by atoms with Gasteiger partial charge >= 0.3 is 6.09 Å². The number of carbonyl (C=O) groups is 3. The first-order valence-electron chi connectivity index (χ1n) is 14.4. The number of ether oxygens (including phenoxy) is 2. The summed E-state index contributed by atoms with van der Waals surface area (Å²) in [6, 6.07) is 16.0. The number of nitrogens with one attached hydrogen (secondary N) is 3. The molecule has 1 aromatic heterocycles. The van der Waals surface area contributed by atoms with Gasteiger partial charge in [0.15, 0.2) is 0 Å². The van der Waals surface area contributed by atoms with E-state index >= 15 is 0 Å². The molecular formula is C31H37N5O6. The van der Waals surface area contributed by atoms with Gasteiger partial charge in [0.05, 0.1) is 17.5 Å². The minimum atomic E-state index is -0.938. The number of rotatable bonds is 7. The van der Waals surface area contributed by atoms with Gasteiger partial charge < -0.3 is 25.0 Å². The van der Waals surface area contributed by atoms with Crippen LogP contribution in [0, 0.1) is 12.8 Å². The van der Waals surface area contributed by atoms with Gasteiger partial charge in [-0.15, -0.1) is 0 Å². The van der Waals surface area contributed by atoms with Crippen molar-refractivity contribution in [2.75, 3.05) is 25.0 Å². The zero-order valence-corrected chi connectivity index (χ0v) is 23.7. The first-order valence-corrected chi connectivity index (χ1v) is 14.4. The Kier molecular flexibility index (Phi) is 9.50. The lowest BCUT2D eigenvalue weighted by Gasteiger charge is -2.35. The zero-order valence-electron chi connectivity index (χ0n) is 23.7. The summed E-state index contributed by atoms with van der Waals surface area (Å²) in [7, 11) is 0. The normalized spacial score (nSPS) is 20.8. The topological polar surface area (TPSA) is 142 Å². The number of benzene rings is 2. The predicted octanol–water partition coefficient (Wildman–Crippen LogP) is 3.93. The van der Waals surface area contributed by atoms with Crippen molar-refractivity contribution in [3.05, 3.63) is 65.9 Å². The fraction of sp³-hybridized carbons (Fsp3) is 0.419. The highest BCUT2D eigenvalue weighted by Crippen LogP contribution is 2.24. The fourth-order valence-corrected chi connectivity index (χ4v) is 5.61. The SMILES string of the molecule is Cc1cc(COc2ccc(NC(=O)C3NCC(OC(=O)N4CCCCCC4)CC3C(=O)NO)cc2)c2ccccc2n1. The van der Waals surface area contributed by atoms with E-state index in [1.807, 2.05) is 37.3 Å². The highest BCUT2D eigenvalue weighted by atomic mass is 16.6. The van der Waals surface area contributed by atoms with Crippen molar-refractivity contribution in [3.63, 3.8) is 0 Å². The largest absolute Gasteiger partial charge is 0.489 e. The van der Waals surface area contributed by atoms with Crippen molar-refractivity contribution in [2.45, 2.75) is 57.8 Å². The molecule has 42 heavy (non-hydrogen) atoms. The van der Waals surface area contributed by atoms with Gasteiger partial charge in [-0.3, -0.25) is 19.8 Å². The summed E-state index contributed by atoms with van der Waals surface area (Å²) in [5.41, 5.74) is 5.03. The Bertz CT molecular complexity index is 1410. The number of hydrogen-bond donors (Lipinski definition) is 4. The molecule has 11 nitrogen and oxygen atoms in total. The van der Waals surface area contributed by atoms with E-state index in [2.05, 4.69) is 15.6 Å². The first-order chi connectivity index (χ1) is 20.4. The quantitative estimate of drug-likeness (QED) is 0.245. The molecule has 11 heteroatoms. The Labute approximate surface area is 244 Å². The third-order valence-corrected chi connectivity index (χ3v) is 7.79. The molecule has 0 radical (unpaired) electrons. The van der Waals surface area contributed by atoms with E-state index in [9.17, 15) is 19.6 Å². The van der Waals surface area contributed by atoms with Gasteiger partial charge in [0, 0.05) is 42.0 Å². The Balaban J connectivity index is 1.17. The van der Waals surface area contributed by atoms with Crippen LogP contribution in [0.5, 0.6) is 5.75 Å². The highest BCUT2D eigenvalue weighted by Gasteiger charge is 2.41. The second-order valence-electron chi connectivity index (χ2n) is 10.9. The number of anilines is 1. The van der Waals surface area contributed by atoms with Crippen molar-refractivity contribution >= 4 is 34.5 Å². The summed E-state index contributed by atoms with van der Waals surface area (Å²) in [6.07, 6.45) is 3.13. The third-order valence-electron chi connectivity index (χ3n) is 7.79. The van der Waals surface area contributed by atoms with Gasteiger partial charge in [0.25, 0.3) is 0 Å². The molecule has 0 aliphatic carbocycles. The average molecular weight is 576 g/mol. The molecule has 3 unspecified atom stereocenters. The molecule has 3 atom stereocenters. The number of fused-ring (bicyclic) bond motifs is 1. The van der Waals surface area contributed by atoms with Crippen LogP contribution in [0.4, 0.5) is 10.5 Å². The van der Waals surface area contributed by atoms with Gasteiger partial charge in [-0.25, -0.2) is 10.3 Å². The van der Waals surface area contributed by atoms with E-state index in [1.54, 1.807) is 34.6 Å².